The Hall–Kier alpha value is -1.88. The molecule has 0 amide bonds. The summed E-state index contributed by atoms with van der Waals surface area (Å²) in [5, 5.41) is 10.6. The molecule has 1 atom stereocenters. The number of esters is 1. The largest absolute Gasteiger partial charge is 0.462 e. The van der Waals surface area contributed by atoms with Crippen molar-refractivity contribution in [1.82, 2.24) is 9.55 Å². The first-order chi connectivity index (χ1) is 11.5. The van der Waals surface area contributed by atoms with Crippen molar-refractivity contribution in [2.24, 2.45) is 5.92 Å². The zero-order valence-electron chi connectivity index (χ0n) is 14.7. The van der Waals surface area contributed by atoms with Gasteiger partial charge in [-0.15, -0.1) is 0 Å². The molecule has 1 N–H and O–H groups in total. The highest BCUT2D eigenvalue weighted by Gasteiger charge is 2.30. The van der Waals surface area contributed by atoms with E-state index in [2.05, 4.69) is 16.5 Å². The number of fused-ring (bicyclic) bond motifs is 1. The number of ether oxygens (including phenoxy) is 1. The Balaban J connectivity index is 2.04. The molecule has 3 rings (SSSR count). The van der Waals surface area contributed by atoms with Crippen LogP contribution in [0.1, 0.15) is 61.6 Å². The number of hydrogen-bond donors (Lipinski definition) is 1. The molecule has 2 aromatic heterocycles. The SMILES string of the molecule is CCOC(=O)c1c(C)n(C(C)C2CCC(O)CC2)c2ncccc12. The lowest BCUT2D eigenvalue weighted by Crippen LogP contribution is -2.25. The van der Waals surface area contributed by atoms with Crippen molar-refractivity contribution in [3.8, 4) is 0 Å². The molecule has 1 aliphatic carbocycles. The summed E-state index contributed by atoms with van der Waals surface area (Å²) in [6.45, 7) is 6.35. The van der Waals surface area contributed by atoms with Crippen LogP contribution in [0.5, 0.6) is 0 Å². The van der Waals surface area contributed by atoms with E-state index in [0.29, 0.717) is 18.1 Å². The lowest BCUT2D eigenvalue weighted by Gasteiger charge is -2.32. The fourth-order valence-corrected chi connectivity index (χ4v) is 4.01. The number of nitrogens with zero attached hydrogens (tertiary/aromatic N) is 2. The monoisotopic (exact) mass is 330 g/mol. The number of rotatable bonds is 4. The van der Waals surface area contributed by atoms with Crippen LogP contribution >= 0.6 is 0 Å². The van der Waals surface area contributed by atoms with Crippen molar-refractivity contribution >= 4 is 17.0 Å². The van der Waals surface area contributed by atoms with E-state index in [1.54, 1.807) is 6.20 Å². The van der Waals surface area contributed by atoms with Gasteiger partial charge in [0.25, 0.3) is 0 Å². The van der Waals surface area contributed by atoms with Crippen molar-refractivity contribution in [3.63, 3.8) is 0 Å². The van der Waals surface area contributed by atoms with Gasteiger partial charge in [-0.2, -0.15) is 0 Å². The van der Waals surface area contributed by atoms with Gasteiger partial charge in [-0.1, -0.05) is 0 Å². The molecule has 0 radical (unpaired) electrons. The molecule has 24 heavy (non-hydrogen) atoms. The molecule has 1 aliphatic rings. The van der Waals surface area contributed by atoms with Crippen LogP contribution in [0.25, 0.3) is 11.0 Å². The minimum Gasteiger partial charge on any atom is -0.462 e. The molecule has 2 aromatic rings. The molecule has 1 unspecified atom stereocenters. The highest BCUT2D eigenvalue weighted by Crippen LogP contribution is 2.37. The first kappa shape index (κ1) is 17.0. The number of aromatic nitrogens is 2. The second-order valence-electron chi connectivity index (χ2n) is 6.73. The van der Waals surface area contributed by atoms with Crippen LogP contribution in [0.3, 0.4) is 0 Å². The number of aliphatic hydroxyl groups is 1. The number of carbonyl (C=O) groups is 1. The molecule has 130 valence electrons. The molecule has 0 bridgehead atoms. The minimum absolute atomic E-state index is 0.163. The highest BCUT2D eigenvalue weighted by molar-refractivity contribution is 6.05. The fourth-order valence-electron chi connectivity index (χ4n) is 4.01. The summed E-state index contributed by atoms with van der Waals surface area (Å²) in [4.78, 5) is 17.0. The van der Waals surface area contributed by atoms with Gasteiger partial charge in [0, 0.05) is 23.3 Å². The van der Waals surface area contributed by atoms with E-state index in [1.165, 1.54) is 0 Å². The summed E-state index contributed by atoms with van der Waals surface area (Å²) < 4.78 is 7.44. The van der Waals surface area contributed by atoms with Crippen LogP contribution in [0, 0.1) is 12.8 Å². The van der Waals surface area contributed by atoms with Crippen molar-refractivity contribution < 1.29 is 14.6 Å². The maximum atomic E-state index is 12.4. The summed E-state index contributed by atoms with van der Waals surface area (Å²) in [6, 6.07) is 4.03. The van der Waals surface area contributed by atoms with Crippen LogP contribution in [-0.4, -0.2) is 33.3 Å². The second kappa shape index (κ2) is 6.93. The number of carbonyl (C=O) groups excluding carboxylic acids is 1. The molecule has 0 aliphatic heterocycles. The third kappa shape index (κ3) is 2.93. The van der Waals surface area contributed by atoms with E-state index in [1.807, 2.05) is 26.0 Å². The Morgan fingerprint density at radius 3 is 2.79 bits per heavy atom. The molecule has 1 fully saturated rings. The number of hydrogen-bond acceptors (Lipinski definition) is 4. The maximum absolute atomic E-state index is 12.4. The summed E-state index contributed by atoms with van der Waals surface area (Å²) >= 11 is 0. The first-order valence-electron chi connectivity index (χ1n) is 8.85. The Morgan fingerprint density at radius 2 is 2.12 bits per heavy atom. The summed E-state index contributed by atoms with van der Waals surface area (Å²) in [5.41, 5.74) is 2.39. The van der Waals surface area contributed by atoms with Gasteiger partial charge >= 0.3 is 5.97 Å². The molecule has 5 heteroatoms. The molecule has 2 heterocycles. The maximum Gasteiger partial charge on any atom is 0.340 e. The molecular weight excluding hydrogens is 304 g/mol. The zero-order valence-corrected chi connectivity index (χ0v) is 14.7. The van der Waals surface area contributed by atoms with Gasteiger partial charge in [-0.25, -0.2) is 9.78 Å². The van der Waals surface area contributed by atoms with Crippen molar-refractivity contribution in [3.05, 3.63) is 29.6 Å². The summed E-state index contributed by atoms with van der Waals surface area (Å²) in [7, 11) is 0. The smallest absolute Gasteiger partial charge is 0.340 e. The van der Waals surface area contributed by atoms with E-state index in [0.717, 1.165) is 42.4 Å². The van der Waals surface area contributed by atoms with Gasteiger partial charge in [0.15, 0.2) is 0 Å². The molecule has 0 aromatic carbocycles. The first-order valence-corrected chi connectivity index (χ1v) is 8.85. The molecule has 0 spiro atoms. The second-order valence-corrected chi connectivity index (χ2v) is 6.73. The predicted octanol–water partition coefficient (Wildman–Crippen LogP) is 3.63. The van der Waals surface area contributed by atoms with E-state index in [9.17, 15) is 9.90 Å². The van der Waals surface area contributed by atoms with Gasteiger partial charge in [0.05, 0.1) is 18.3 Å². The van der Waals surface area contributed by atoms with Gasteiger partial charge in [-0.05, 0) is 64.5 Å². The Morgan fingerprint density at radius 1 is 1.42 bits per heavy atom. The van der Waals surface area contributed by atoms with E-state index < -0.39 is 0 Å². The topological polar surface area (TPSA) is 64.3 Å². The third-order valence-electron chi connectivity index (χ3n) is 5.32. The zero-order chi connectivity index (χ0) is 17.3. The summed E-state index contributed by atoms with van der Waals surface area (Å²) in [6.07, 6.45) is 5.32. The van der Waals surface area contributed by atoms with Crippen LogP contribution in [-0.2, 0) is 4.74 Å². The quantitative estimate of drug-likeness (QED) is 0.869. The van der Waals surface area contributed by atoms with Gasteiger partial charge < -0.3 is 14.4 Å². The standard InChI is InChI=1S/C19H26N2O3/c1-4-24-19(23)17-13(3)21(18-16(17)6-5-11-20-18)12(2)14-7-9-15(22)10-8-14/h5-6,11-12,14-15,22H,4,7-10H2,1-3H3. The van der Waals surface area contributed by atoms with Crippen molar-refractivity contribution in [2.45, 2.75) is 58.6 Å². The van der Waals surface area contributed by atoms with Crippen molar-refractivity contribution in [2.75, 3.05) is 6.61 Å². The lowest BCUT2D eigenvalue weighted by atomic mass is 9.83. The van der Waals surface area contributed by atoms with Gasteiger partial charge in [0.1, 0.15) is 5.65 Å². The van der Waals surface area contributed by atoms with Gasteiger partial charge in [-0.3, -0.25) is 0 Å². The molecular formula is C19H26N2O3. The fraction of sp³-hybridized carbons (Fsp3) is 0.579. The number of aliphatic hydroxyl groups excluding tert-OH is 1. The average Bonchev–Trinajstić information content (AvgIpc) is 2.87. The Bertz CT molecular complexity index is 730. The van der Waals surface area contributed by atoms with Gasteiger partial charge in [0.2, 0.25) is 0 Å². The predicted molar refractivity (Wildman–Crippen MR) is 93.1 cm³/mol. The Kier molecular flexibility index (Phi) is 4.90. The minimum atomic E-state index is -0.280. The molecule has 5 nitrogen and oxygen atoms in total. The number of pyridine rings is 1. The van der Waals surface area contributed by atoms with E-state index >= 15 is 0 Å². The van der Waals surface area contributed by atoms with Crippen LogP contribution in [0.4, 0.5) is 0 Å². The Labute approximate surface area is 142 Å². The summed E-state index contributed by atoms with van der Waals surface area (Å²) in [5.74, 6) is 0.206. The molecule has 0 saturated heterocycles. The van der Waals surface area contributed by atoms with Crippen LogP contribution in [0.2, 0.25) is 0 Å². The van der Waals surface area contributed by atoms with E-state index in [4.69, 9.17) is 4.74 Å². The average molecular weight is 330 g/mol. The van der Waals surface area contributed by atoms with Crippen LogP contribution < -0.4 is 0 Å². The third-order valence-corrected chi connectivity index (χ3v) is 5.32. The van der Waals surface area contributed by atoms with Crippen LogP contribution in [0.15, 0.2) is 18.3 Å². The van der Waals surface area contributed by atoms with E-state index in [-0.39, 0.29) is 18.1 Å². The van der Waals surface area contributed by atoms with Crippen molar-refractivity contribution in [1.29, 1.82) is 0 Å². The lowest BCUT2D eigenvalue weighted by molar-refractivity contribution is 0.0527. The highest BCUT2D eigenvalue weighted by atomic mass is 16.5. The molecule has 1 saturated carbocycles. The normalized spacial score (nSPS) is 22.5.